The van der Waals surface area contributed by atoms with Gasteiger partial charge in [-0.1, -0.05) is 12.1 Å². The number of imidazole rings is 1. The molecule has 0 aliphatic carbocycles. The van der Waals surface area contributed by atoms with E-state index >= 15 is 0 Å². The van der Waals surface area contributed by atoms with Crippen LogP contribution >= 0.6 is 0 Å². The van der Waals surface area contributed by atoms with Gasteiger partial charge < -0.3 is 15.4 Å². The van der Waals surface area contributed by atoms with Gasteiger partial charge in [0.05, 0.1) is 17.4 Å². The van der Waals surface area contributed by atoms with E-state index in [0.717, 1.165) is 22.1 Å². The first-order valence-electron chi connectivity index (χ1n) is 6.44. The van der Waals surface area contributed by atoms with Crippen LogP contribution in [0.2, 0.25) is 0 Å². The fourth-order valence-electron chi connectivity index (χ4n) is 2.24. The number of hydrogen-bond donors (Lipinski definition) is 3. The van der Waals surface area contributed by atoms with E-state index in [1.54, 1.807) is 24.7 Å². The van der Waals surface area contributed by atoms with Gasteiger partial charge >= 0.3 is 0 Å². The van der Waals surface area contributed by atoms with Gasteiger partial charge in [0, 0.05) is 17.3 Å². The van der Waals surface area contributed by atoms with E-state index in [1.807, 2.05) is 24.3 Å². The van der Waals surface area contributed by atoms with Crippen molar-refractivity contribution in [2.45, 2.75) is 0 Å². The summed E-state index contributed by atoms with van der Waals surface area (Å²) in [6.45, 7) is 0. The summed E-state index contributed by atoms with van der Waals surface area (Å²) in [5.41, 5.74) is 3.21. The third-order valence-electron chi connectivity index (χ3n) is 3.27. The van der Waals surface area contributed by atoms with E-state index < -0.39 is 0 Å². The number of phenols is 1. The van der Waals surface area contributed by atoms with Crippen LogP contribution in [0.25, 0.3) is 21.9 Å². The van der Waals surface area contributed by atoms with Crippen molar-refractivity contribution in [2.75, 3.05) is 5.32 Å². The second kappa shape index (κ2) is 4.45. The molecule has 2 aromatic heterocycles. The Morgan fingerprint density at radius 3 is 3.00 bits per heavy atom. The zero-order chi connectivity index (χ0) is 14.2. The topological polar surface area (TPSA) is 86.7 Å². The average molecular weight is 277 g/mol. The lowest BCUT2D eigenvalue weighted by molar-refractivity contribution is 0.480. The standard InChI is InChI=1S/C15H11N5O/c21-13-3-1-2-9-7-16-15(20-14(9)13)19-10-4-5-11-12(6-10)18-8-17-11/h1-8,21H,(H,17,18)(H,16,19,20). The van der Waals surface area contributed by atoms with Crippen molar-refractivity contribution in [2.24, 2.45) is 0 Å². The Balaban J connectivity index is 1.74. The fraction of sp³-hybridized carbons (Fsp3) is 0. The number of benzene rings is 2. The average Bonchev–Trinajstić information content (AvgIpc) is 2.96. The smallest absolute Gasteiger partial charge is 0.227 e. The van der Waals surface area contributed by atoms with Crippen LogP contribution in [0.15, 0.2) is 48.9 Å². The van der Waals surface area contributed by atoms with E-state index in [2.05, 4.69) is 25.3 Å². The molecule has 4 aromatic rings. The van der Waals surface area contributed by atoms with Crippen molar-refractivity contribution in [3.05, 3.63) is 48.9 Å². The molecule has 0 saturated heterocycles. The highest BCUT2D eigenvalue weighted by Gasteiger charge is 2.05. The molecule has 0 atom stereocenters. The maximum atomic E-state index is 9.84. The van der Waals surface area contributed by atoms with Crippen LogP contribution < -0.4 is 5.32 Å². The van der Waals surface area contributed by atoms with Crippen molar-refractivity contribution in [3.63, 3.8) is 0 Å². The summed E-state index contributed by atoms with van der Waals surface area (Å²) in [6, 6.07) is 11.0. The summed E-state index contributed by atoms with van der Waals surface area (Å²) in [4.78, 5) is 15.8. The molecule has 0 unspecified atom stereocenters. The molecule has 6 heteroatoms. The number of aromatic amines is 1. The first-order valence-corrected chi connectivity index (χ1v) is 6.44. The Morgan fingerprint density at radius 1 is 1.10 bits per heavy atom. The molecule has 0 bridgehead atoms. The van der Waals surface area contributed by atoms with E-state index in [0.29, 0.717) is 11.5 Å². The van der Waals surface area contributed by atoms with Crippen LogP contribution in [-0.4, -0.2) is 25.0 Å². The normalized spacial score (nSPS) is 11.0. The molecule has 3 N–H and O–H groups in total. The molecule has 102 valence electrons. The number of aromatic nitrogens is 4. The summed E-state index contributed by atoms with van der Waals surface area (Å²) < 4.78 is 0. The first kappa shape index (κ1) is 11.7. The Morgan fingerprint density at radius 2 is 2.05 bits per heavy atom. The maximum Gasteiger partial charge on any atom is 0.227 e. The Bertz CT molecular complexity index is 947. The lowest BCUT2D eigenvalue weighted by atomic mass is 10.2. The fourth-order valence-corrected chi connectivity index (χ4v) is 2.24. The van der Waals surface area contributed by atoms with Gasteiger partial charge in [0.2, 0.25) is 5.95 Å². The van der Waals surface area contributed by atoms with Crippen LogP contribution in [0.5, 0.6) is 5.75 Å². The number of aromatic hydroxyl groups is 1. The van der Waals surface area contributed by atoms with Gasteiger partial charge in [-0.15, -0.1) is 0 Å². The predicted octanol–water partition coefficient (Wildman–Crippen LogP) is 2.96. The Kier molecular flexibility index (Phi) is 2.47. The third-order valence-corrected chi connectivity index (χ3v) is 3.27. The molecule has 21 heavy (non-hydrogen) atoms. The zero-order valence-electron chi connectivity index (χ0n) is 10.9. The summed E-state index contributed by atoms with van der Waals surface area (Å²) in [5.74, 6) is 0.574. The van der Waals surface area contributed by atoms with Gasteiger partial charge in [-0.05, 0) is 24.3 Å². The van der Waals surface area contributed by atoms with Crippen LogP contribution in [0.4, 0.5) is 11.6 Å². The Hall–Kier alpha value is -3.15. The molecule has 0 amide bonds. The van der Waals surface area contributed by atoms with Gasteiger partial charge in [-0.3, -0.25) is 0 Å². The molecule has 4 rings (SSSR count). The molecule has 0 aliphatic rings. The van der Waals surface area contributed by atoms with Crippen molar-refractivity contribution in [1.29, 1.82) is 0 Å². The lowest BCUT2D eigenvalue weighted by Gasteiger charge is -2.06. The Labute approximate surface area is 119 Å². The van der Waals surface area contributed by atoms with Crippen molar-refractivity contribution in [3.8, 4) is 5.75 Å². The molecular formula is C15H11N5O. The van der Waals surface area contributed by atoms with Crippen molar-refractivity contribution < 1.29 is 5.11 Å². The molecule has 6 nitrogen and oxygen atoms in total. The number of nitrogens with one attached hydrogen (secondary N) is 2. The SMILES string of the molecule is Oc1cccc2cnc(Nc3ccc4nc[nH]c4c3)nc12. The minimum atomic E-state index is 0.141. The van der Waals surface area contributed by atoms with Crippen molar-refractivity contribution >= 4 is 33.6 Å². The van der Waals surface area contributed by atoms with E-state index in [9.17, 15) is 5.11 Å². The lowest BCUT2D eigenvalue weighted by Crippen LogP contribution is -1.97. The van der Waals surface area contributed by atoms with Crippen LogP contribution in [0.3, 0.4) is 0 Å². The highest BCUT2D eigenvalue weighted by molar-refractivity contribution is 5.85. The zero-order valence-corrected chi connectivity index (χ0v) is 10.9. The largest absolute Gasteiger partial charge is 0.506 e. The van der Waals surface area contributed by atoms with E-state index in [-0.39, 0.29) is 5.75 Å². The van der Waals surface area contributed by atoms with Crippen molar-refractivity contribution in [1.82, 2.24) is 19.9 Å². The number of hydrogen-bond acceptors (Lipinski definition) is 5. The molecule has 2 aromatic carbocycles. The quantitative estimate of drug-likeness (QED) is 0.524. The number of anilines is 2. The number of phenolic OH excluding ortho intramolecular Hbond substituents is 1. The van der Waals surface area contributed by atoms with Gasteiger partial charge in [0.15, 0.2) is 0 Å². The molecule has 2 heterocycles. The summed E-state index contributed by atoms with van der Waals surface area (Å²) in [5, 5.41) is 13.8. The molecule has 0 saturated carbocycles. The molecule has 0 spiro atoms. The summed E-state index contributed by atoms with van der Waals surface area (Å²) >= 11 is 0. The van der Waals surface area contributed by atoms with E-state index in [4.69, 9.17) is 0 Å². The number of nitrogens with zero attached hydrogens (tertiary/aromatic N) is 3. The third kappa shape index (κ3) is 2.02. The van der Waals surface area contributed by atoms with Gasteiger partial charge in [0.1, 0.15) is 11.3 Å². The first-order chi connectivity index (χ1) is 10.3. The second-order valence-electron chi connectivity index (χ2n) is 4.67. The number of rotatable bonds is 2. The summed E-state index contributed by atoms with van der Waals surface area (Å²) in [7, 11) is 0. The van der Waals surface area contributed by atoms with Gasteiger partial charge in [-0.2, -0.15) is 0 Å². The maximum absolute atomic E-state index is 9.84. The van der Waals surface area contributed by atoms with Gasteiger partial charge in [-0.25, -0.2) is 15.0 Å². The molecule has 0 radical (unpaired) electrons. The van der Waals surface area contributed by atoms with Crippen LogP contribution in [0, 0.1) is 0 Å². The van der Waals surface area contributed by atoms with Gasteiger partial charge in [0.25, 0.3) is 0 Å². The van der Waals surface area contributed by atoms with Crippen LogP contribution in [0.1, 0.15) is 0 Å². The monoisotopic (exact) mass is 277 g/mol. The van der Waals surface area contributed by atoms with Crippen LogP contribution in [-0.2, 0) is 0 Å². The highest BCUT2D eigenvalue weighted by atomic mass is 16.3. The number of para-hydroxylation sites is 1. The number of H-pyrrole nitrogens is 1. The molecule has 0 aliphatic heterocycles. The number of fused-ring (bicyclic) bond motifs is 2. The summed E-state index contributed by atoms with van der Waals surface area (Å²) in [6.07, 6.45) is 3.33. The predicted molar refractivity (Wildman–Crippen MR) is 80.6 cm³/mol. The highest BCUT2D eigenvalue weighted by Crippen LogP contribution is 2.24. The minimum absolute atomic E-state index is 0.141. The second-order valence-corrected chi connectivity index (χ2v) is 4.67. The minimum Gasteiger partial charge on any atom is -0.506 e. The molecule has 0 fully saturated rings. The van der Waals surface area contributed by atoms with E-state index in [1.165, 1.54) is 0 Å². The molecular weight excluding hydrogens is 266 g/mol.